The summed E-state index contributed by atoms with van der Waals surface area (Å²) in [5.74, 6) is -1.12. The zero-order chi connectivity index (χ0) is 24.2. The summed E-state index contributed by atoms with van der Waals surface area (Å²) in [7, 11) is -3.48. The second-order valence-electron chi connectivity index (χ2n) is 7.68. The van der Waals surface area contributed by atoms with Crippen LogP contribution in [0.15, 0.2) is 60.8 Å². The third-order valence-corrected chi connectivity index (χ3v) is 6.08. The molecular weight excluding hydrogens is 457 g/mol. The molecule has 1 aromatic heterocycles. The average molecular weight is 481 g/mol. The van der Waals surface area contributed by atoms with Crippen molar-refractivity contribution in [2.45, 2.75) is 38.4 Å². The molecule has 3 rings (SSSR count). The van der Waals surface area contributed by atoms with Crippen LogP contribution in [0.3, 0.4) is 0 Å². The van der Waals surface area contributed by atoms with Gasteiger partial charge in [0.25, 0.3) is 5.91 Å². The van der Waals surface area contributed by atoms with Crippen LogP contribution in [0.4, 0.5) is 13.2 Å². The summed E-state index contributed by atoms with van der Waals surface area (Å²) < 4.78 is 68.4. The number of carbonyl (C=O) groups excluding carboxylic acids is 1. The molecule has 0 spiro atoms. The minimum atomic E-state index is -4.80. The van der Waals surface area contributed by atoms with E-state index in [1.807, 2.05) is 0 Å². The molecule has 2 aromatic carbocycles. The molecule has 0 radical (unpaired) electrons. The Bertz CT molecular complexity index is 1210. The summed E-state index contributed by atoms with van der Waals surface area (Å²) in [6.07, 6.45) is -3.91. The maximum atomic E-state index is 13.7. The second kappa shape index (κ2) is 9.75. The third-order valence-electron chi connectivity index (χ3n) is 4.53. The van der Waals surface area contributed by atoms with E-state index >= 15 is 0 Å². The standard InChI is InChI=1S/C22H23F3N4O3S/c1-15(2)28-33(31,32)14-17-10-8-16(9-11-17)12-26-21(30)19-13-27-29(20(19)22(23,24)25)18-6-4-3-5-7-18/h3-11,13,15,28H,12,14H2,1-2H3,(H,26,30). The number of nitrogens with one attached hydrogen (secondary N) is 2. The van der Waals surface area contributed by atoms with Crippen molar-refractivity contribution in [3.05, 3.63) is 83.2 Å². The van der Waals surface area contributed by atoms with Crippen LogP contribution in [0.2, 0.25) is 0 Å². The first-order valence-electron chi connectivity index (χ1n) is 10.0. The lowest BCUT2D eigenvalue weighted by Gasteiger charge is -2.13. The van der Waals surface area contributed by atoms with Gasteiger partial charge in [-0.1, -0.05) is 42.5 Å². The topological polar surface area (TPSA) is 93.1 Å². The van der Waals surface area contributed by atoms with Crippen LogP contribution in [0.5, 0.6) is 0 Å². The highest BCUT2D eigenvalue weighted by molar-refractivity contribution is 7.88. The number of alkyl halides is 3. The van der Waals surface area contributed by atoms with E-state index in [0.717, 1.165) is 6.20 Å². The first kappa shape index (κ1) is 24.5. The molecule has 33 heavy (non-hydrogen) atoms. The Hall–Kier alpha value is -3.18. The number of hydrogen-bond donors (Lipinski definition) is 2. The zero-order valence-corrected chi connectivity index (χ0v) is 18.7. The van der Waals surface area contributed by atoms with Gasteiger partial charge in [0.15, 0.2) is 5.69 Å². The average Bonchev–Trinajstić information content (AvgIpc) is 3.18. The van der Waals surface area contributed by atoms with Crippen molar-refractivity contribution >= 4 is 15.9 Å². The van der Waals surface area contributed by atoms with E-state index in [9.17, 15) is 26.4 Å². The molecule has 2 N–H and O–H groups in total. The molecule has 11 heteroatoms. The molecule has 0 saturated carbocycles. The van der Waals surface area contributed by atoms with Gasteiger partial charge in [0.05, 0.1) is 23.2 Å². The molecule has 0 saturated heterocycles. The third kappa shape index (κ3) is 6.42. The van der Waals surface area contributed by atoms with Crippen molar-refractivity contribution in [3.8, 4) is 5.69 Å². The number of rotatable bonds is 8. The van der Waals surface area contributed by atoms with Gasteiger partial charge in [0.1, 0.15) is 0 Å². The van der Waals surface area contributed by atoms with Crippen molar-refractivity contribution in [3.63, 3.8) is 0 Å². The first-order valence-corrected chi connectivity index (χ1v) is 11.7. The number of hydrogen-bond acceptors (Lipinski definition) is 4. The molecule has 7 nitrogen and oxygen atoms in total. The van der Waals surface area contributed by atoms with Crippen LogP contribution < -0.4 is 10.0 Å². The van der Waals surface area contributed by atoms with Crippen LogP contribution in [0.1, 0.15) is 41.0 Å². The van der Waals surface area contributed by atoms with E-state index in [4.69, 9.17) is 0 Å². The second-order valence-corrected chi connectivity index (χ2v) is 9.44. The van der Waals surface area contributed by atoms with Crippen molar-refractivity contribution in [1.29, 1.82) is 0 Å². The molecule has 0 fully saturated rings. The quantitative estimate of drug-likeness (QED) is 0.515. The summed E-state index contributed by atoms with van der Waals surface area (Å²) in [6, 6.07) is 13.9. The van der Waals surface area contributed by atoms with Crippen LogP contribution >= 0.6 is 0 Å². The number of benzene rings is 2. The first-order chi connectivity index (χ1) is 15.5. The number of aromatic nitrogens is 2. The van der Waals surface area contributed by atoms with E-state index < -0.39 is 33.4 Å². The number of amides is 1. The predicted octanol–water partition coefficient (Wildman–Crippen LogP) is 3.65. The fourth-order valence-electron chi connectivity index (χ4n) is 3.20. The molecule has 1 amide bonds. The van der Waals surface area contributed by atoms with Gasteiger partial charge in [-0.3, -0.25) is 4.79 Å². The van der Waals surface area contributed by atoms with Crippen LogP contribution in [0.25, 0.3) is 5.69 Å². The van der Waals surface area contributed by atoms with Crippen molar-refractivity contribution < 1.29 is 26.4 Å². The summed E-state index contributed by atoms with van der Waals surface area (Å²) in [5, 5.41) is 6.23. The van der Waals surface area contributed by atoms with Gasteiger partial charge in [0.2, 0.25) is 10.0 Å². The van der Waals surface area contributed by atoms with Crippen molar-refractivity contribution in [2.75, 3.05) is 0 Å². The van der Waals surface area contributed by atoms with Crippen LogP contribution in [0, 0.1) is 0 Å². The highest BCUT2D eigenvalue weighted by Crippen LogP contribution is 2.33. The Morgan fingerprint density at radius 1 is 1.03 bits per heavy atom. The highest BCUT2D eigenvalue weighted by atomic mass is 32.2. The Morgan fingerprint density at radius 3 is 2.21 bits per heavy atom. The van der Waals surface area contributed by atoms with E-state index in [0.29, 0.717) is 15.8 Å². The van der Waals surface area contributed by atoms with Crippen LogP contribution in [-0.2, 0) is 28.5 Å². The molecular formula is C22H23F3N4O3S. The summed E-state index contributed by atoms with van der Waals surface area (Å²) in [5.41, 5.74) is -0.424. The molecule has 0 aliphatic heterocycles. The number of halogens is 3. The highest BCUT2D eigenvalue weighted by Gasteiger charge is 2.40. The van der Waals surface area contributed by atoms with E-state index in [1.54, 1.807) is 56.3 Å². The number of carbonyl (C=O) groups is 1. The SMILES string of the molecule is CC(C)NS(=O)(=O)Cc1ccc(CNC(=O)c2cnn(-c3ccccc3)c2C(F)(F)F)cc1. The minimum absolute atomic E-state index is 0.0378. The fraction of sp³-hybridized carbons (Fsp3) is 0.273. The van der Waals surface area contributed by atoms with Crippen LogP contribution in [-0.4, -0.2) is 30.1 Å². The zero-order valence-electron chi connectivity index (χ0n) is 17.9. The number of nitrogens with zero attached hydrogens (tertiary/aromatic N) is 2. The van der Waals surface area contributed by atoms with Gasteiger partial charge in [0, 0.05) is 12.6 Å². The fourth-order valence-corrected chi connectivity index (χ4v) is 4.64. The minimum Gasteiger partial charge on any atom is -0.348 e. The monoisotopic (exact) mass is 480 g/mol. The van der Waals surface area contributed by atoms with Gasteiger partial charge < -0.3 is 5.32 Å². The molecule has 3 aromatic rings. The molecule has 0 atom stereocenters. The van der Waals surface area contributed by atoms with Crippen molar-refractivity contribution in [1.82, 2.24) is 19.8 Å². The Labute approximate surface area is 189 Å². The largest absolute Gasteiger partial charge is 0.434 e. The van der Waals surface area contributed by atoms with Gasteiger partial charge >= 0.3 is 6.18 Å². The maximum Gasteiger partial charge on any atom is 0.434 e. The molecule has 176 valence electrons. The van der Waals surface area contributed by atoms with E-state index in [-0.39, 0.29) is 24.0 Å². The van der Waals surface area contributed by atoms with Gasteiger partial charge in [-0.2, -0.15) is 18.3 Å². The Morgan fingerprint density at radius 2 is 1.64 bits per heavy atom. The Kier molecular flexibility index (Phi) is 7.23. The lowest BCUT2D eigenvalue weighted by Crippen LogP contribution is -2.31. The number of sulfonamides is 1. The molecule has 0 unspecified atom stereocenters. The predicted molar refractivity (Wildman–Crippen MR) is 117 cm³/mol. The van der Waals surface area contributed by atoms with E-state index in [2.05, 4.69) is 15.1 Å². The van der Waals surface area contributed by atoms with Crippen molar-refractivity contribution in [2.24, 2.45) is 0 Å². The smallest absolute Gasteiger partial charge is 0.348 e. The summed E-state index contributed by atoms with van der Waals surface area (Å²) in [6.45, 7) is 3.40. The normalized spacial score (nSPS) is 12.2. The molecule has 1 heterocycles. The van der Waals surface area contributed by atoms with Gasteiger partial charge in [-0.25, -0.2) is 17.8 Å². The van der Waals surface area contributed by atoms with E-state index in [1.165, 1.54) is 12.1 Å². The lowest BCUT2D eigenvalue weighted by molar-refractivity contribution is -0.143. The molecule has 0 aliphatic rings. The lowest BCUT2D eigenvalue weighted by atomic mass is 10.1. The van der Waals surface area contributed by atoms with Gasteiger partial charge in [-0.05, 0) is 37.1 Å². The number of para-hydroxylation sites is 1. The molecule has 0 aliphatic carbocycles. The summed E-state index contributed by atoms with van der Waals surface area (Å²) >= 11 is 0. The molecule has 0 bridgehead atoms. The maximum absolute atomic E-state index is 13.7. The van der Waals surface area contributed by atoms with Gasteiger partial charge in [-0.15, -0.1) is 0 Å². The Balaban J connectivity index is 1.72. The summed E-state index contributed by atoms with van der Waals surface area (Å²) in [4.78, 5) is 12.5.